The van der Waals surface area contributed by atoms with Crippen molar-refractivity contribution >= 4 is 17.5 Å². The molecule has 0 aliphatic heterocycles. The Morgan fingerprint density at radius 1 is 1.04 bits per heavy atom. The van der Waals surface area contributed by atoms with Gasteiger partial charge in [0, 0.05) is 24.0 Å². The molecule has 0 spiro atoms. The van der Waals surface area contributed by atoms with E-state index in [9.17, 15) is 0 Å². The van der Waals surface area contributed by atoms with E-state index in [0.29, 0.717) is 19.1 Å². The topological polar surface area (TPSA) is 59.1 Å². The molecule has 0 fully saturated rings. The lowest BCUT2D eigenvalue weighted by molar-refractivity contribution is 0.306. The first-order valence-electron chi connectivity index (χ1n) is 8.47. The largest absolute Gasteiger partial charge is 0.489 e. The van der Waals surface area contributed by atoms with E-state index in [-0.39, 0.29) is 0 Å². The number of anilines is 3. The highest BCUT2D eigenvalue weighted by atomic mass is 16.5. The minimum atomic E-state index is 0.549. The van der Waals surface area contributed by atoms with Crippen LogP contribution in [0.15, 0.2) is 73.3 Å². The Kier molecular flexibility index (Phi) is 5.83. The molecule has 1 heterocycles. The summed E-state index contributed by atoms with van der Waals surface area (Å²) in [6.45, 7) is 6.84. The zero-order chi connectivity index (χ0) is 18.2. The van der Waals surface area contributed by atoms with Gasteiger partial charge in [0.25, 0.3) is 0 Å². The Hall–Kier alpha value is -3.34. The van der Waals surface area contributed by atoms with E-state index in [1.807, 2.05) is 67.6 Å². The molecule has 132 valence electrons. The van der Waals surface area contributed by atoms with Crippen LogP contribution in [0.5, 0.6) is 5.75 Å². The van der Waals surface area contributed by atoms with Crippen LogP contribution in [-0.4, -0.2) is 16.5 Å². The molecule has 0 saturated heterocycles. The maximum atomic E-state index is 5.80. The van der Waals surface area contributed by atoms with Crippen molar-refractivity contribution in [1.29, 1.82) is 0 Å². The highest BCUT2D eigenvalue weighted by Crippen LogP contribution is 2.20. The number of benzene rings is 2. The van der Waals surface area contributed by atoms with Crippen LogP contribution in [0.1, 0.15) is 11.3 Å². The molecule has 2 N–H and O–H groups in total. The Labute approximate surface area is 153 Å². The van der Waals surface area contributed by atoms with Crippen molar-refractivity contribution in [1.82, 2.24) is 9.97 Å². The number of aromatic nitrogens is 2. The molecule has 5 heteroatoms. The van der Waals surface area contributed by atoms with Crippen LogP contribution < -0.4 is 15.4 Å². The van der Waals surface area contributed by atoms with Gasteiger partial charge in [-0.05, 0) is 36.8 Å². The van der Waals surface area contributed by atoms with Gasteiger partial charge in [-0.1, -0.05) is 36.4 Å². The van der Waals surface area contributed by atoms with Gasteiger partial charge in [0.2, 0.25) is 5.95 Å². The third-order valence-electron chi connectivity index (χ3n) is 3.64. The second-order valence-electron chi connectivity index (χ2n) is 5.81. The van der Waals surface area contributed by atoms with Crippen molar-refractivity contribution in [2.45, 2.75) is 13.5 Å². The van der Waals surface area contributed by atoms with Crippen molar-refractivity contribution in [3.63, 3.8) is 0 Å². The van der Waals surface area contributed by atoms with Crippen molar-refractivity contribution in [3.05, 3.63) is 84.6 Å². The summed E-state index contributed by atoms with van der Waals surface area (Å²) in [5.41, 5.74) is 2.93. The second-order valence-corrected chi connectivity index (χ2v) is 5.81. The van der Waals surface area contributed by atoms with E-state index < -0.39 is 0 Å². The van der Waals surface area contributed by atoms with Crippen molar-refractivity contribution < 1.29 is 4.74 Å². The molecule has 0 radical (unpaired) electrons. The van der Waals surface area contributed by atoms with Crippen LogP contribution in [0.3, 0.4) is 0 Å². The van der Waals surface area contributed by atoms with Gasteiger partial charge in [-0.3, -0.25) is 0 Å². The second kappa shape index (κ2) is 8.67. The zero-order valence-electron chi connectivity index (χ0n) is 14.8. The van der Waals surface area contributed by atoms with Gasteiger partial charge in [-0.15, -0.1) is 6.58 Å². The van der Waals surface area contributed by atoms with E-state index >= 15 is 0 Å². The Bertz CT molecular complexity index is 848. The number of nitrogens with one attached hydrogen (secondary N) is 2. The summed E-state index contributed by atoms with van der Waals surface area (Å²) in [6, 6.07) is 19.7. The van der Waals surface area contributed by atoms with E-state index in [2.05, 4.69) is 27.2 Å². The molecule has 2 aromatic carbocycles. The van der Waals surface area contributed by atoms with Crippen LogP contribution in [0.2, 0.25) is 0 Å². The molecule has 0 aliphatic rings. The summed E-state index contributed by atoms with van der Waals surface area (Å²) >= 11 is 0. The number of hydrogen-bond acceptors (Lipinski definition) is 5. The van der Waals surface area contributed by atoms with E-state index in [0.717, 1.165) is 28.5 Å². The van der Waals surface area contributed by atoms with E-state index in [1.54, 1.807) is 6.08 Å². The van der Waals surface area contributed by atoms with Crippen LogP contribution in [0.4, 0.5) is 17.5 Å². The summed E-state index contributed by atoms with van der Waals surface area (Å²) in [6.07, 6.45) is 1.79. The number of aryl methyl sites for hydroxylation is 1. The van der Waals surface area contributed by atoms with Gasteiger partial charge >= 0.3 is 0 Å². The zero-order valence-corrected chi connectivity index (χ0v) is 14.8. The Balaban J connectivity index is 1.62. The monoisotopic (exact) mass is 346 g/mol. The lowest BCUT2D eigenvalue weighted by Gasteiger charge is -2.10. The standard InChI is InChI=1S/C21H22N4O/c1-3-13-22-20-14-16(2)23-21(25-20)24-18-9-11-19(12-10-18)26-15-17-7-5-4-6-8-17/h3-12,14H,1,13,15H2,2H3,(H2,22,23,24,25). The minimum absolute atomic E-state index is 0.549. The summed E-state index contributed by atoms with van der Waals surface area (Å²) in [4.78, 5) is 8.87. The van der Waals surface area contributed by atoms with Crippen LogP contribution in [-0.2, 0) is 6.61 Å². The predicted octanol–water partition coefficient (Wildman–Crippen LogP) is 4.71. The van der Waals surface area contributed by atoms with Crippen LogP contribution in [0.25, 0.3) is 0 Å². The molecule has 0 atom stereocenters. The first-order chi connectivity index (χ1) is 12.7. The summed E-state index contributed by atoms with van der Waals surface area (Å²) in [5.74, 6) is 2.13. The molecule has 1 aromatic heterocycles. The third-order valence-corrected chi connectivity index (χ3v) is 3.64. The smallest absolute Gasteiger partial charge is 0.229 e. The fourth-order valence-electron chi connectivity index (χ4n) is 2.40. The summed E-state index contributed by atoms with van der Waals surface area (Å²) in [5, 5.41) is 6.39. The average molecular weight is 346 g/mol. The highest BCUT2D eigenvalue weighted by molar-refractivity contribution is 5.56. The fraction of sp³-hybridized carbons (Fsp3) is 0.143. The molecule has 3 aromatic rings. The fourth-order valence-corrected chi connectivity index (χ4v) is 2.40. The van der Waals surface area contributed by atoms with Crippen LogP contribution >= 0.6 is 0 Å². The number of rotatable bonds is 8. The molecular formula is C21H22N4O. The van der Waals surface area contributed by atoms with Gasteiger partial charge in [0.1, 0.15) is 18.2 Å². The lowest BCUT2D eigenvalue weighted by atomic mass is 10.2. The van der Waals surface area contributed by atoms with Gasteiger partial charge in [-0.25, -0.2) is 4.98 Å². The molecule has 0 aliphatic carbocycles. The molecule has 0 amide bonds. The Morgan fingerprint density at radius 3 is 2.54 bits per heavy atom. The maximum Gasteiger partial charge on any atom is 0.229 e. The van der Waals surface area contributed by atoms with Crippen molar-refractivity contribution in [2.75, 3.05) is 17.2 Å². The first kappa shape index (κ1) is 17.5. The SMILES string of the molecule is C=CCNc1cc(C)nc(Nc2ccc(OCc3ccccc3)cc2)n1. The highest BCUT2D eigenvalue weighted by Gasteiger charge is 2.03. The average Bonchev–Trinajstić information content (AvgIpc) is 2.66. The van der Waals surface area contributed by atoms with Crippen molar-refractivity contribution in [3.8, 4) is 5.75 Å². The van der Waals surface area contributed by atoms with Gasteiger partial charge in [0.15, 0.2) is 0 Å². The molecule has 0 bridgehead atoms. The van der Waals surface area contributed by atoms with Gasteiger partial charge < -0.3 is 15.4 Å². The molecular weight excluding hydrogens is 324 g/mol. The molecule has 3 rings (SSSR count). The number of nitrogens with zero attached hydrogens (tertiary/aromatic N) is 2. The first-order valence-corrected chi connectivity index (χ1v) is 8.47. The summed E-state index contributed by atoms with van der Waals surface area (Å²) < 4.78 is 5.80. The molecule has 0 saturated carbocycles. The lowest BCUT2D eigenvalue weighted by Crippen LogP contribution is -2.05. The third kappa shape index (κ3) is 5.08. The summed E-state index contributed by atoms with van der Waals surface area (Å²) in [7, 11) is 0. The number of hydrogen-bond donors (Lipinski definition) is 2. The van der Waals surface area contributed by atoms with Crippen molar-refractivity contribution in [2.24, 2.45) is 0 Å². The van der Waals surface area contributed by atoms with E-state index in [1.165, 1.54) is 0 Å². The molecule has 0 unspecified atom stereocenters. The molecule has 5 nitrogen and oxygen atoms in total. The molecule has 26 heavy (non-hydrogen) atoms. The normalized spacial score (nSPS) is 10.2. The van der Waals surface area contributed by atoms with Gasteiger partial charge in [-0.2, -0.15) is 4.98 Å². The Morgan fingerprint density at radius 2 is 1.81 bits per heavy atom. The maximum absolute atomic E-state index is 5.80. The minimum Gasteiger partial charge on any atom is -0.489 e. The van der Waals surface area contributed by atoms with Gasteiger partial charge in [0.05, 0.1) is 0 Å². The quantitative estimate of drug-likeness (QED) is 0.579. The predicted molar refractivity (Wildman–Crippen MR) is 106 cm³/mol. The number of ether oxygens (including phenoxy) is 1. The van der Waals surface area contributed by atoms with E-state index in [4.69, 9.17) is 4.74 Å². The van der Waals surface area contributed by atoms with Crippen LogP contribution in [0, 0.1) is 6.92 Å².